The maximum Gasteiger partial charge on any atom is 0.327 e. The van der Waals surface area contributed by atoms with Gasteiger partial charge in [0.25, 0.3) is 0 Å². The lowest BCUT2D eigenvalue weighted by Crippen LogP contribution is -2.14. The highest BCUT2D eigenvalue weighted by Gasteiger charge is 2.02. The summed E-state index contributed by atoms with van der Waals surface area (Å²) < 4.78 is 5.31. The average Bonchev–Trinajstić information content (AvgIpc) is 2.30. The average molecular weight is 236 g/mol. The van der Waals surface area contributed by atoms with Gasteiger partial charge in [-0.2, -0.15) is 0 Å². The molecule has 1 aromatic carbocycles. The van der Waals surface area contributed by atoms with Crippen molar-refractivity contribution in [2.45, 2.75) is 19.1 Å². The van der Waals surface area contributed by atoms with Crippen LogP contribution in [0.2, 0.25) is 0 Å². The van der Waals surface area contributed by atoms with E-state index >= 15 is 0 Å². The van der Waals surface area contributed by atoms with E-state index in [0.717, 1.165) is 11.6 Å². The number of rotatable bonds is 7. The van der Waals surface area contributed by atoms with E-state index in [0.29, 0.717) is 6.61 Å². The quantitative estimate of drug-likeness (QED) is 0.705. The molecule has 0 saturated heterocycles. The third kappa shape index (κ3) is 6.50. The highest BCUT2D eigenvalue weighted by Crippen LogP contribution is 2.02. The molecule has 0 bridgehead atoms. The summed E-state index contributed by atoms with van der Waals surface area (Å²) in [5.74, 6) is -1.01. The van der Waals surface area contributed by atoms with Gasteiger partial charge in [-0.1, -0.05) is 36.4 Å². The van der Waals surface area contributed by atoms with Gasteiger partial charge in [-0.3, -0.25) is 0 Å². The zero-order chi connectivity index (χ0) is 12.5. The summed E-state index contributed by atoms with van der Waals surface area (Å²) in [6.45, 7) is 0.638. The first-order valence-electron chi connectivity index (χ1n) is 5.37. The van der Waals surface area contributed by atoms with E-state index < -0.39 is 12.1 Å². The molecule has 0 radical (unpaired) electrons. The molecule has 2 N–H and O–H groups in total. The van der Waals surface area contributed by atoms with Crippen molar-refractivity contribution in [2.75, 3.05) is 6.61 Å². The Morgan fingerprint density at radius 3 is 2.71 bits per heavy atom. The Kier molecular flexibility index (Phi) is 5.99. The van der Waals surface area contributed by atoms with E-state index in [9.17, 15) is 9.90 Å². The van der Waals surface area contributed by atoms with E-state index in [1.54, 1.807) is 0 Å². The molecule has 4 nitrogen and oxygen atoms in total. The third-order valence-electron chi connectivity index (χ3n) is 2.09. The highest BCUT2D eigenvalue weighted by atomic mass is 16.5. The number of ether oxygens (including phenoxy) is 1. The third-order valence-corrected chi connectivity index (χ3v) is 2.09. The molecule has 0 aromatic heterocycles. The van der Waals surface area contributed by atoms with Crippen molar-refractivity contribution in [3.63, 3.8) is 0 Å². The fraction of sp³-hybridized carbons (Fsp3) is 0.308. The molecule has 0 amide bonds. The number of aliphatic carboxylic acids is 1. The molecule has 0 fully saturated rings. The van der Waals surface area contributed by atoms with E-state index in [1.165, 1.54) is 6.08 Å². The van der Waals surface area contributed by atoms with Crippen molar-refractivity contribution in [3.05, 3.63) is 48.0 Å². The summed E-state index contributed by atoms with van der Waals surface area (Å²) in [4.78, 5) is 10.2. The molecule has 0 aliphatic carbocycles. The standard InChI is InChI=1S/C13H16O4/c14-12(7-4-8-13(15)16)10-17-9-11-5-2-1-3-6-11/h1-6,8,12,14H,7,9-10H2,(H,15,16)/b8-4-/t12-/m0/s1. The van der Waals surface area contributed by atoms with Gasteiger partial charge in [0.05, 0.1) is 19.3 Å². The number of aliphatic hydroxyl groups excluding tert-OH is 1. The van der Waals surface area contributed by atoms with Crippen LogP contribution >= 0.6 is 0 Å². The van der Waals surface area contributed by atoms with Gasteiger partial charge in [0.2, 0.25) is 0 Å². The maximum atomic E-state index is 10.2. The second-order valence-electron chi connectivity index (χ2n) is 3.63. The number of carboxylic acids is 1. The van der Waals surface area contributed by atoms with Crippen molar-refractivity contribution in [2.24, 2.45) is 0 Å². The topological polar surface area (TPSA) is 66.8 Å². The molecule has 1 aromatic rings. The van der Waals surface area contributed by atoms with Crippen molar-refractivity contribution in [1.82, 2.24) is 0 Å². The minimum absolute atomic E-state index is 0.193. The molecule has 4 heteroatoms. The molecule has 0 spiro atoms. The summed E-state index contributed by atoms with van der Waals surface area (Å²) in [7, 11) is 0. The molecule has 0 heterocycles. The number of benzene rings is 1. The maximum absolute atomic E-state index is 10.2. The fourth-order valence-corrected chi connectivity index (χ4v) is 1.28. The van der Waals surface area contributed by atoms with Crippen LogP contribution in [0.5, 0.6) is 0 Å². The monoisotopic (exact) mass is 236 g/mol. The van der Waals surface area contributed by atoms with Crippen molar-refractivity contribution in [3.8, 4) is 0 Å². The van der Waals surface area contributed by atoms with Gasteiger partial charge in [-0.05, 0) is 12.0 Å². The molecule has 0 aliphatic heterocycles. The van der Waals surface area contributed by atoms with Gasteiger partial charge in [-0.25, -0.2) is 4.79 Å². The minimum atomic E-state index is -1.01. The zero-order valence-corrected chi connectivity index (χ0v) is 9.45. The number of hydrogen-bond acceptors (Lipinski definition) is 3. The van der Waals surface area contributed by atoms with Crippen LogP contribution in [0, 0.1) is 0 Å². The van der Waals surface area contributed by atoms with E-state index in [4.69, 9.17) is 9.84 Å². The van der Waals surface area contributed by atoms with Crippen LogP contribution in [-0.4, -0.2) is 28.9 Å². The lowest BCUT2D eigenvalue weighted by molar-refractivity contribution is -0.131. The van der Waals surface area contributed by atoms with Crippen LogP contribution in [0.4, 0.5) is 0 Å². The normalized spacial score (nSPS) is 12.8. The Bertz CT molecular complexity index is 359. The molecule has 17 heavy (non-hydrogen) atoms. The van der Waals surface area contributed by atoms with Crippen LogP contribution in [-0.2, 0) is 16.1 Å². The zero-order valence-electron chi connectivity index (χ0n) is 9.45. The molecule has 0 unspecified atom stereocenters. The van der Waals surface area contributed by atoms with Crippen molar-refractivity contribution >= 4 is 5.97 Å². The highest BCUT2D eigenvalue weighted by molar-refractivity contribution is 5.79. The van der Waals surface area contributed by atoms with Crippen molar-refractivity contribution in [1.29, 1.82) is 0 Å². The summed E-state index contributed by atoms with van der Waals surface area (Å²) in [5, 5.41) is 17.8. The molecular weight excluding hydrogens is 220 g/mol. The predicted molar refractivity (Wildman–Crippen MR) is 63.5 cm³/mol. The SMILES string of the molecule is O=C(O)/C=C\C[C@H](O)COCc1ccccc1. The van der Waals surface area contributed by atoms with Gasteiger partial charge in [0.15, 0.2) is 0 Å². The second kappa shape index (κ2) is 7.60. The Balaban J connectivity index is 2.16. The van der Waals surface area contributed by atoms with Crippen LogP contribution in [0.1, 0.15) is 12.0 Å². The first-order chi connectivity index (χ1) is 8.18. The number of hydrogen-bond donors (Lipinski definition) is 2. The van der Waals surface area contributed by atoms with Gasteiger partial charge in [0.1, 0.15) is 0 Å². The van der Waals surface area contributed by atoms with Gasteiger partial charge in [0, 0.05) is 6.08 Å². The summed E-state index contributed by atoms with van der Waals surface area (Å²) in [5.41, 5.74) is 1.04. The molecule has 0 saturated carbocycles. The number of carboxylic acid groups (broad SMARTS) is 1. The van der Waals surface area contributed by atoms with Crippen LogP contribution in [0.15, 0.2) is 42.5 Å². The largest absolute Gasteiger partial charge is 0.478 e. The van der Waals surface area contributed by atoms with Crippen LogP contribution in [0.25, 0.3) is 0 Å². The molecule has 0 aliphatic rings. The Morgan fingerprint density at radius 2 is 2.06 bits per heavy atom. The molecule has 92 valence electrons. The Hall–Kier alpha value is -1.65. The minimum Gasteiger partial charge on any atom is -0.478 e. The summed E-state index contributed by atoms with van der Waals surface area (Å²) in [6.07, 6.45) is 2.04. The van der Waals surface area contributed by atoms with E-state index in [1.807, 2.05) is 30.3 Å². The lowest BCUT2D eigenvalue weighted by atomic mass is 10.2. The molecule has 1 rings (SSSR count). The Morgan fingerprint density at radius 1 is 1.35 bits per heavy atom. The van der Waals surface area contributed by atoms with E-state index in [-0.39, 0.29) is 13.0 Å². The van der Waals surface area contributed by atoms with Gasteiger partial charge < -0.3 is 14.9 Å². The molecular formula is C13H16O4. The fourth-order valence-electron chi connectivity index (χ4n) is 1.28. The van der Waals surface area contributed by atoms with Gasteiger partial charge in [-0.15, -0.1) is 0 Å². The summed E-state index contributed by atoms with van der Waals surface area (Å²) in [6, 6.07) is 9.65. The number of carbonyl (C=O) groups is 1. The van der Waals surface area contributed by atoms with Crippen LogP contribution in [0.3, 0.4) is 0 Å². The summed E-state index contributed by atoms with van der Waals surface area (Å²) >= 11 is 0. The predicted octanol–water partition coefficient (Wildman–Crippen LogP) is 1.59. The molecule has 1 atom stereocenters. The first-order valence-corrected chi connectivity index (χ1v) is 5.37. The second-order valence-corrected chi connectivity index (χ2v) is 3.63. The number of aliphatic hydroxyl groups is 1. The first kappa shape index (κ1) is 13.4. The van der Waals surface area contributed by atoms with Crippen molar-refractivity contribution < 1.29 is 19.7 Å². The lowest BCUT2D eigenvalue weighted by Gasteiger charge is -2.08. The Labute approximate surface area is 100 Å². The van der Waals surface area contributed by atoms with E-state index in [2.05, 4.69) is 0 Å². The van der Waals surface area contributed by atoms with Gasteiger partial charge >= 0.3 is 5.97 Å². The van der Waals surface area contributed by atoms with Crippen LogP contribution < -0.4 is 0 Å². The smallest absolute Gasteiger partial charge is 0.327 e.